The standard InChI is InChI=1S/C20H22O6/c1-13-7-5-9-15(19(21)25-11-23-3)17(13)18-14(2)8-6-10-16(18)20(22)26-12-24-4/h5-10H,11-12H2,1-4H3. The van der Waals surface area contributed by atoms with Gasteiger partial charge < -0.3 is 18.9 Å². The largest absolute Gasteiger partial charge is 0.435 e. The molecule has 0 aliphatic rings. The topological polar surface area (TPSA) is 71.1 Å². The van der Waals surface area contributed by atoms with Crippen LogP contribution in [0.3, 0.4) is 0 Å². The van der Waals surface area contributed by atoms with E-state index in [1.54, 1.807) is 24.3 Å². The molecule has 0 aromatic heterocycles. The number of carbonyl (C=O) groups is 2. The van der Waals surface area contributed by atoms with E-state index in [9.17, 15) is 9.59 Å². The predicted octanol–water partition coefficient (Wildman–Crippen LogP) is 3.49. The fraction of sp³-hybridized carbons (Fsp3) is 0.300. The summed E-state index contributed by atoms with van der Waals surface area (Å²) >= 11 is 0. The van der Waals surface area contributed by atoms with Crippen molar-refractivity contribution < 1.29 is 28.5 Å². The van der Waals surface area contributed by atoms with E-state index in [4.69, 9.17) is 18.9 Å². The highest BCUT2D eigenvalue weighted by atomic mass is 16.7. The number of rotatable bonds is 7. The van der Waals surface area contributed by atoms with Gasteiger partial charge in [0.2, 0.25) is 0 Å². The zero-order valence-corrected chi connectivity index (χ0v) is 15.3. The minimum Gasteiger partial charge on any atom is -0.435 e. The highest BCUT2D eigenvalue weighted by Gasteiger charge is 2.23. The number of esters is 2. The lowest BCUT2D eigenvalue weighted by atomic mass is 9.88. The molecule has 0 saturated heterocycles. The summed E-state index contributed by atoms with van der Waals surface area (Å²) in [6.07, 6.45) is 0. The maximum Gasteiger partial charge on any atom is 0.340 e. The monoisotopic (exact) mass is 358 g/mol. The summed E-state index contributed by atoms with van der Waals surface area (Å²) in [5, 5.41) is 0. The van der Waals surface area contributed by atoms with Crippen LogP contribution in [0.25, 0.3) is 11.1 Å². The molecule has 0 amide bonds. The van der Waals surface area contributed by atoms with Gasteiger partial charge in [0.25, 0.3) is 0 Å². The summed E-state index contributed by atoms with van der Waals surface area (Å²) in [5.74, 6) is -1.05. The zero-order chi connectivity index (χ0) is 19.1. The summed E-state index contributed by atoms with van der Waals surface area (Å²) in [4.78, 5) is 25.0. The lowest BCUT2D eigenvalue weighted by Gasteiger charge is -2.17. The number of aryl methyl sites for hydroxylation is 2. The molecule has 2 aromatic carbocycles. The molecule has 0 aliphatic heterocycles. The minimum atomic E-state index is -0.523. The highest BCUT2D eigenvalue weighted by molar-refractivity contribution is 6.04. The molecule has 6 nitrogen and oxygen atoms in total. The highest BCUT2D eigenvalue weighted by Crippen LogP contribution is 2.34. The number of hydrogen-bond acceptors (Lipinski definition) is 6. The first-order valence-corrected chi connectivity index (χ1v) is 8.03. The normalized spacial score (nSPS) is 10.5. The number of benzene rings is 2. The summed E-state index contributed by atoms with van der Waals surface area (Å²) in [5.41, 5.74) is 3.67. The van der Waals surface area contributed by atoms with Crippen molar-refractivity contribution in [2.45, 2.75) is 13.8 Å². The lowest BCUT2D eigenvalue weighted by Crippen LogP contribution is -2.13. The van der Waals surface area contributed by atoms with E-state index in [0.717, 1.165) is 11.1 Å². The Bertz CT molecular complexity index is 729. The summed E-state index contributed by atoms with van der Waals surface area (Å²) in [6, 6.07) is 10.6. The Hall–Kier alpha value is -2.70. The van der Waals surface area contributed by atoms with Crippen molar-refractivity contribution in [3.8, 4) is 11.1 Å². The van der Waals surface area contributed by atoms with E-state index in [0.29, 0.717) is 22.3 Å². The number of methoxy groups -OCH3 is 2. The second-order valence-corrected chi connectivity index (χ2v) is 5.67. The van der Waals surface area contributed by atoms with Crippen LogP contribution in [-0.2, 0) is 18.9 Å². The van der Waals surface area contributed by atoms with E-state index in [1.165, 1.54) is 14.2 Å². The molecule has 0 fully saturated rings. The molecule has 138 valence electrons. The van der Waals surface area contributed by atoms with Gasteiger partial charge >= 0.3 is 11.9 Å². The Labute approximate surface area is 152 Å². The zero-order valence-electron chi connectivity index (χ0n) is 15.3. The van der Waals surface area contributed by atoms with Gasteiger partial charge in [-0.3, -0.25) is 0 Å². The van der Waals surface area contributed by atoms with Crippen LogP contribution in [0, 0.1) is 13.8 Å². The van der Waals surface area contributed by atoms with E-state index in [2.05, 4.69) is 0 Å². The molecule has 0 atom stereocenters. The van der Waals surface area contributed by atoms with Gasteiger partial charge in [0.1, 0.15) is 0 Å². The first-order valence-electron chi connectivity index (χ1n) is 8.03. The van der Waals surface area contributed by atoms with Crippen molar-refractivity contribution in [1.29, 1.82) is 0 Å². The Morgan fingerprint density at radius 2 is 1.12 bits per heavy atom. The van der Waals surface area contributed by atoms with Crippen LogP contribution >= 0.6 is 0 Å². The molecular formula is C20H22O6. The van der Waals surface area contributed by atoms with Crippen LogP contribution in [0.1, 0.15) is 31.8 Å². The number of hydrogen-bond donors (Lipinski definition) is 0. The second-order valence-electron chi connectivity index (χ2n) is 5.67. The molecular weight excluding hydrogens is 336 g/mol. The fourth-order valence-corrected chi connectivity index (χ4v) is 2.72. The van der Waals surface area contributed by atoms with Gasteiger partial charge in [0.05, 0.1) is 11.1 Å². The Kier molecular flexibility index (Phi) is 6.89. The van der Waals surface area contributed by atoms with Gasteiger partial charge in [-0.2, -0.15) is 0 Å². The molecule has 6 heteroatoms. The van der Waals surface area contributed by atoms with E-state index in [-0.39, 0.29) is 13.6 Å². The van der Waals surface area contributed by atoms with Gasteiger partial charge in [-0.1, -0.05) is 24.3 Å². The van der Waals surface area contributed by atoms with Crippen LogP contribution in [0.4, 0.5) is 0 Å². The maximum absolute atomic E-state index is 12.5. The van der Waals surface area contributed by atoms with Crippen molar-refractivity contribution in [2.24, 2.45) is 0 Å². The first-order chi connectivity index (χ1) is 12.5. The SMILES string of the molecule is COCOC(=O)c1cccc(C)c1-c1c(C)cccc1C(=O)OCOC. The molecule has 0 saturated carbocycles. The van der Waals surface area contributed by atoms with E-state index in [1.807, 2.05) is 26.0 Å². The number of ether oxygens (including phenoxy) is 4. The summed E-state index contributed by atoms with van der Waals surface area (Å²) in [6.45, 7) is 3.45. The van der Waals surface area contributed by atoms with Crippen LogP contribution in [0.15, 0.2) is 36.4 Å². The molecule has 2 rings (SSSR count). The third kappa shape index (κ3) is 4.28. The van der Waals surface area contributed by atoms with Crippen molar-refractivity contribution in [1.82, 2.24) is 0 Å². The first kappa shape index (κ1) is 19.6. The van der Waals surface area contributed by atoms with E-state index >= 15 is 0 Å². The van der Waals surface area contributed by atoms with Gasteiger partial charge in [0, 0.05) is 25.3 Å². The summed E-state index contributed by atoms with van der Waals surface area (Å²) in [7, 11) is 2.88. The number of carbonyl (C=O) groups excluding carboxylic acids is 2. The molecule has 0 N–H and O–H groups in total. The molecule has 0 heterocycles. The molecule has 0 spiro atoms. The average molecular weight is 358 g/mol. The van der Waals surface area contributed by atoms with Crippen molar-refractivity contribution in [3.63, 3.8) is 0 Å². The van der Waals surface area contributed by atoms with E-state index < -0.39 is 11.9 Å². The molecule has 0 unspecified atom stereocenters. The molecule has 0 aliphatic carbocycles. The van der Waals surface area contributed by atoms with Gasteiger partial charge in [-0.25, -0.2) is 9.59 Å². The maximum atomic E-state index is 12.5. The van der Waals surface area contributed by atoms with Crippen LogP contribution in [0.5, 0.6) is 0 Å². The molecule has 0 radical (unpaired) electrons. The quantitative estimate of drug-likeness (QED) is 0.557. The van der Waals surface area contributed by atoms with Crippen molar-refractivity contribution >= 4 is 11.9 Å². The average Bonchev–Trinajstić information content (AvgIpc) is 2.64. The van der Waals surface area contributed by atoms with Crippen LogP contribution in [-0.4, -0.2) is 39.7 Å². The van der Waals surface area contributed by atoms with Crippen LogP contribution in [0.2, 0.25) is 0 Å². The molecule has 2 aromatic rings. The Morgan fingerprint density at radius 3 is 1.46 bits per heavy atom. The third-order valence-electron chi connectivity index (χ3n) is 3.85. The van der Waals surface area contributed by atoms with Crippen LogP contribution < -0.4 is 0 Å². The minimum absolute atomic E-state index is 0.150. The van der Waals surface area contributed by atoms with Gasteiger partial charge in [0.15, 0.2) is 13.6 Å². The smallest absolute Gasteiger partial charge is 0.340 e. The molecule has 0 bridgehead atoms. The Morgan fingerprint density at radius 1 is 0.731 bits per heavy atom. The second kappa shape index (κ2) is 9.12. The summed E-state index contributed by atoms with van der Waals surface area (Å²) < 4.78 is 19.8. The fourth-order valence-electron chi connectivity index (χ4n) is 2.72. The third-order valence-corrected chi connectivity index (χ3v) is 3.85. The molecule has 26 heavy (non-hydrogen) atoms. The van der Waals surface area contributed by atoms with Crippen molar-refractivity contribution in [3.05, 3.63) is 58.7 Å². The predicted molar refractivity (Wildman–Crippen MR) is 95.9 cm³/mol. The Balaban J connectivity index is 2.61. The van der Waals surface area contributed by atoms with Gasteiger partial charge in [-0.15, -0.1) is 0 Å². The van der Waals surface area contributed by atoms with Gasteiger partial charge in [-0.05, 0) is 37.1 Å². The lowest BCUT2D eigenvalue weighted by molar-refractivity contribution is -0.0134. The van der Waals surface area contributed by atoms with Crippen molar-refractivity contribution in [2.75, 3.05) is 27.8 Å².